The maximum Gasteiger partial charge on any atom is 0.437 e. The Labute approximate surface area is 179 Å². The molecule has 7 nitrogen and oxygen atoms in total. The van der Waals surface area contributed by atoms with E-state index in [0.717, 1.165) is 11.3 Å². The molecule has 3 N–H and O–H groups in total. The lowest BCUT2D eigenvalue weighted by atomic mass is 9.78. The smallest absolute Gasteiger partial charge is 0.437 e. The number of carbonyl (C=O) groups excluding carboxylic acids is 2. The van der Waals surface area contributed by atoms with Crippen molar-refractivity contribution in [1.82, 2.24) is 10.6 Å². The number of benzene rings is 1. The van der Waals surface area contributed by atoms with Crippen LogP contribution in [-0.2, 0) is 0 Å². The maximum atomic E-state index is 13.9. The highest BCUT2D eigenvalue weighted by Crippen LogP contribution is 2.45. The second-order valence-corrected chi connectivity index (χ2v) is 7.62. The van der Waals surface area contributed by atoms with E-state index in [1.165, 1.54) is 54.2 Å². The Balaban J connectivity index is 2.12. The van der Waals surface area contributed by atoms with Crippen LogP contribution in [0.1, 0.15) is 21.3 Å². The monoisotopic (exact) mass is 456 g/mol. The number of amides is 2. The molecule has 1 aromatic heterocycles. The molecule has 1 saturated heterocycles. The van der Waals surface area contributed by atoms with Crippen LogP contribution in [0.2, 0.25) is 0 Å². The molecule has 1 aliphatic heterocycles. The number of rotatable bonds is 7. The first kappa shape index (κ1) is 22.6. The minimum atomic E-state index is -5.32. The number of thiophene rings is 1. The Morgan fingerprint density at radius 1 is 1.35 bits per heavy atom. The van der Waals surface area contributed by atoms with E-state index in [9.17, 15) is 27.9 Å². The van der Waals surface area contributed by atoms with Crippen molar-refractivity contribution in [2.24, 2.45) is 5.92 Å². The Morgan fingerprint density at radius 2 is 2.10 bits per heavy atom. The molecule has 0 bridgehead atoms. The van der Waals surface area contributed by atoms with Gasteiger partial charge in [-0.2, -0.15) is 13.2 Å². The van der Waals surface area contributed by atoms with Crippen LogP contribution in [0.3, 0.4) is 0 Å². The van der Waals surface area contributed by atoms with Crippen molar-refractivity contribution in [2.45, 2.75) is 17.9 Å². The number of alkyl halides is 3. The zero-order chi connectivity index (χ0) is 22.8. The number of hydrogen-bond donors (Lipinski definition) is 3. The van der Waals surface area contributed by atoms with Gasteiger partial charge in [-0.05, 0) is 29.1 Å². The third-order valence-electron chi connectivity index (χ3n) is 4.76. The molecule has 0 spiro atoms. The molecule has 3 rings (SSSR count). The van der Waals surface area contributed by atoms with Crippen molar-refractivity contribution < 1.29 is 37.3 Å². The molecule has 0 aliphatic carbocycles. The van der Waals surface area contributed by atoms with E-state index in [-0.39, 0.29) is 22.8 Å². The summed E-state index contributed by atoms with van der Waals surface area (Å²) in [6.45, 7) is 3.69. The van der Waals surface area contributed by atoms with E-state index >= 15 is 0 Å². The number of carbonyl (C=O) groups is 2. The minimum absolute atomic E-state index is 0.00789. The zero-order valence-corrected chi connectivity index (χ0v) is 17.0. The summed E-state index contributed by atoms with van der Waals surface area (Å²) in [4.78, 5) is 25.1. The number of ether oxygens (including phenoxy) is 2. The molecule has 1 fully saturated rings. The first-order chi connectivity index (χ1) is 14.6. The Kier molecular flexibility index (Phi) is 6.27. The first-order valence-corrected chi connectivity index (χ1v) is 9.87. The van der Waals surface area contributed by atoms with E-state index in [1.54, 1.807) is 0 Å². The second kappa shape index (κ2) is 8.60. The van der Waals surface area contributed by atoms with Crippen LogP contribution in [-0.4, -0.2) is 42.5 Å². The van der Waals surface area contributed by atoms with Gasteiger partial charge in [-0.3, -0.25) is 4.79 Å². The van der Waals surface area contributed by atoms with Crippen molar-refractivity contribution in [2.75, 3.05) is 13.7 Å². The van der Waals surface area contributed by atoms with Gasteiger partial charge < -0.3 is 25.2 Å². The maximum absolute atomic E-state index is 13.9. The van der Waals surface area contributed by atoms with Crippen molar-refractivity contribution in [3.8, 4) is 11.5 Å². The normalized spacial score (nSPS) is 23.5. The number of halogens is 3. The molecule has 166 valence electrons. The van der Waals surface area contributed by atoms with Gasteiger partial charge in [0.15, 0.2) is 17.3 Å². The van der Waals surface area contributed by atoms with Crippen LogP contribution in [0.5, 0.6) is 11.5 Å². The Hall–Kier alpha value is -3.05. The molecule has 1 aromatic carbocycles. The minimum Gasteiger partial charge on any atom is -0.493 e. The molecule has 1 aliphatic rings. The van der Waals surface area contributed by atoms with Crippen LogP contribution in [0.4, 0.5) is 18.0 Å². The average molecular weight is 456 g/mol. The van der Waals surface area contributed by atoms with Gasteiger partial charge in [-0.15, -0.1) is 11.3 Å². The summed E-state index contributed by atoms with van der Waals surface area (Å²) < 4.78 is 52.3. The zero-order valence-electron chi connectivity index (χ0n) is 16.2. The fourth-order valence-electron chi connectivity index (χ4n) is 3.33. The number of hydrogen-bond acceptors (Lipinski definition) is 6. The van der Waals surface area contributed by atoms with Crippen LogP contribution in [0.25, 0.3) is 0 Å². The second-order valence-electron chi connectivity index (χ2n) is 6.67. The fraction of sp³-hybridized carbons (Fsp3) is 0.300. The molecule has 31 heavy (non-hydrogen) atoms. The summed E-state index contributed by atoms with van der Waals surface area (Å²) in [6, 6.07) is 4.25. The summed E-state index contributed by atoms with van der Waals surface area (Å²) >= 11 is 0.931. The summed E-state index contributed by atoms with van der Waals surface area (Å²) in [5.74, 6) is -2.62. The lowest BCUT2D eigenvalue weighted by molar-refractivity contribution is -0.287. The number of ketones is 1. The Morgan fingerprint density at radius 3 is 2.68 bits per heavy atom. The number of urea groups is 1. The van der Waals surface area contributed by atoms with E-state index in [2.05, 4.69) is 11.9 Å². The SMILES string of the molecule is C=CCOc1ccc([C@@H]2NC(=O)N[C@](O)(C(F)(F)F)[C@@H]2C(=O)c2cccs2)cc1OC. The lowest BCUT2D eigenvalue weighted by Crippen LogP contribution is -2.72. The summed E-state index contributed by atoms with van der Waals surface area (Å²) in [7, 11) is 1.33. The number of nitrogens with one attached hydrogen (secondary N) is 2. The van der Waals surface area contributed by atoms with Gasteiger partial charge in [0.25, 0.3) is 0 Å². The van der Waals surface area contributed by atoms with Crippen LogP contribution >= 0.6 is 11.3 Å². The number of methoxy groups -OCH3 is 1. The van der Waals surface area contributed by atoms with Crippen molar-refractivity contribution in [3.05, 3.63) is 58.8 Å². The topological polar surface area (TPSA) is 96.9 Å². The molecule has 2 amide bonds. The van der Waals surface area contributed by atoms with Crippen molar-refractivity contribution >= 4 is 23.2 Å². The average Bonchev–Trinajstić information content (AvgIpc) is 3.25. The van der Waals surface area contributed by atoms with Crippen molar-refractivity contribution in [3.63, 3.8) is 0 Å². The van der Waals surface area contributed by atoms with Gasteiger partial charge in [0.2, 0.25) is 5.72 Å². The molecule has 2 aromatic rings. The molecule has 0 saturated carbocycles. The summed E-state index contributed by atoms with van der Waals surface area (Å²) in [5, 5.41) is 15.9. The molecule has 11 heteroatoms. The standard InChI is InChI=1S/C20H19F3N2O5S/c1-3-8-30-12-7-6-11(10-13(12)29-2)16-15(17(26)14-5-4-9-31-14)19(28,20(21,22)23)25-18(27)24-16/h3-7,9-10,15-16,28H,1,8H2,2H3,(H2,24,25,27)/t15-,16-,19+/m0/s1. The number of aliphatic hydroxyl groups is 1. The van der Waals surface area contributed by atoms with Crippen LogP contribution in [0.15, 0.2) is 48.4 Å². The highest BCUT2D eigenvalue weighted by atomic mass is 32.1. The highest BCUT2D eigenvalue weighted by Gasteiger charge is 2.66. The van der Waals surface area contributed by atoms with E-state index in [4.69, 9.17) is 9.47 Å². The van der Waals surface area contributed by atoms with Gasteiger partial charge in [-0.1, -0.05) is 24.8 Å². The first-order valence-electron chi connectivity index (χ1n) is 8.99. The molecular weight excluding hydrogens is 437 g/mol. The van der Waals surface area contributed by atoms with Gasteiger partial charge in [-0.25, -0.2) is 4.79 Å². The predicted octanol–water partition coefficient (Wildman–Crippen LogP) is 3.43. The van der Waals surface area contributed by atoms with Gasteiger partial charge in [0.1, 0.15) is 12.5 Å². The number of Topliss-reactive ketones (excluding diaryl/α,β-unsaturated/α-hetero) is 1. The molecule has 3 atom stereocenters. The third kappa shape index (κ3) is 4.23. The summed E-state index contributed by atoms with van der Waals surface area (Å²) in [6.07, 6.45) is -3.82. The van der Waals surface area contributed by atoms with Gasteiger partial charge in [0.05, 0.1) is 18.0 Å². The van der Waals surface area contributed by atoms with Gasteiger partial charge >= 0.3 is 12.2 Å². The van der Waals surface area contributed by atoms with Crippen LogP contribution in [0, 0.1) is 5.92 Å². The quantitative estimate of drug-likeness (QED) is 0.438. The Bertz CT molecular complexity index is 980. The van der Waals surface area contributed by atoms with E-state index in [1.807, 2.05) is 0 Å². The van der Waals surface area contributed by atoms with Crippen LogP contribution < -0.4 is 20.1 Å². The van der Waals surface area contributed by atoms with E-state index in [0.29, 0.717) is 5.75 Å². The highest BCUT2D eigenvalue weighted by molar-refractivity contribution is 7.12. The largest absolute Gasteiger partial charge is 0.493 e. The molecule has 0 unspecified atom stereocenters. The van der Waals surface area contributed by atoms with Gasteiger partial charge in [0, 0.05) is 0 Å². The third-order valence-corrected chi connectivity index (χ3v) is 5.64. The van der Waals surface area contributed by atoms with E-state index < -0.39 is 35.7 Å². The molecule has 0 radical (unpaired) electrons. The lowest BCUT2D eigenvalue weighted by Gasteiger charge is -2.44. The summed E-state index contributed by atoms with van der Waals surface area (Å²) in [5.41, 5.74) is -3.66. The fourth-order valence-corrected chi connectivity index (χ4v) is 4.04. The molecular formula is C20H19F3N2O5S. The predicted molar refractivity (Wildman–Crippen MR) is 106 cm³/mol. The molecule has 2 heterocycles. The van der Waals surface area contributed by atoms with Crippen molar-refractivity contribution in [1.29, 1.82) is 0 Å².